The predicted molar refractivity (Wildman–Crippen MR) is 409 cm³/mol. The van der Waals surface area contributed by atoms with Crippen LogP contribution in [0.3, 0.4) is 0 Å². The predicted octanol–water partition coefficient (Wildman–Crippen LogP) is 19.9. The maximum atomic E-state index is 7.26. The Balaban J connectivity index is 0.821. The summed E-state index contributed by atoms with van der Waals surface area (Å²) >= 11 is 0. The molecule has 16 rings (SSSR count). The van der Waals surface area contributed by atoms with Gasteiger partial charge in [0, 0.05) is 44.0 Å². The SMILES string of the molecule is Cc1cc(C)c(-c2ccc3c(c2)B2c4c(cc(C(C)(C)C)cc4-n4c5ccc(C(C)(C)CCc6cc(C)cc(C)c6-c6ccc7c(c6)B6c8c(cc(C(C)C)cc8-n8c9ccc(C(C)(C)C)cc9c9cc(C(C)(C)C)cc6c98)O7)cc5c5cc(C(C)(C)C)cc2c54)O3)c(C)c1. The van der Waals surface area contributed by atoms with Crippen LogP contribution in [0.1, 0.15) is 190 Å². The summed E-state index contributed by atoms with van der Waals surface area (Å²) in [6.45, 7) is 49.1. The van der Waals surface area contributed by atoms with Crippen molar-refractivity contribution in [3.8, 4) is 56.6 Å². The van der Waals surface area contributed by atoms with Crippen LogP contribution in [0.25, 0.3) is 77.2 Å². The molecule has 10 aromatic carbocycles. The average Bonchev–Trinajstić information content (AvgIpc) is 1.60. The molecule has 95 heavy (non-hydrogen) atoms. The Bertz CT molecular complexity index is 5340. The number of benzene rings is 10. The number of aryl methyl sites for hydroxylation is 6. The van der Waals surface area contributed by atoms with Gasteiger partial charge in [-0.3, -0.25) is 0 Å². The van der Waals surface area contributed by atoms with Crippen LogP contribution in [-0.2, 0) is 33.5 Å². The Morgan fingerprint density at radius 1 is 0.379 bits per heavy atom. The number of aromatic nitrogens is 2. The molecule has 6 heterocycles. The van der Waals surface area contributed by atoms with E-state index in [1.54, 1.807) is 0 Å². The third-order valence-corrected chi connectivity index (χ3v) is 22.6. The van der Waals surface area contributed by atoms with Gasteiger partial charge in [-0.05, 0) is 264 Å². The van der Waals surface area contributed by atoms with E-state index < -0.39 is 0 Å². The molecular weight excluding hydrogens is 1150 g/mol. The van der Waals surface area contributed by atoms with E-state index >= 15 is 0 Å². The van der Waals surface area contributed by atoms with E-state index in [-0.39, 0.29) is 40.5 Å². The minimum Gasteiger partial charge on any atom is -0.458 e. The maximum absolute atomic E-state index is 7.26. The first-order chi connectivity index (χ1) is 44.7. The van der Waals surface area contributed by atoms with E-state index in [1.165, 1.54) is 177 Å². The van der Waals surface area contributed by atoms with Gasteiger partial charge in [0.05, 0.1) is 11.0 Å². The highest BCUT2D eigenvalue weighted by atomic mass is 16.5. The molecule has 0 spiro atoms. The number of hydrogen-bond donors (Lipinski definition) is 0. The van der Waals surface area contributed by atoms with Crippen LogP contribution in [-0.4, -0.2) is 22.6 Å². The summed E-state index contributed by atoms with van der Waals surface area (Å²) in [4.78, 5) is 0. The molecule has 4 aliphatic heterocycles. The first-order valence-corrected chi connectivity index (χ1v) is 35.2. The zero-order valence-electron chi connectivity index (χ0n) is 60.2. The molecule has 0 saturated heterocycles. The van der Waals surface area contributed by atoms with Crippen LogP contribution in [0.4, 0.5) is 0 Å². The van der Waals surface area contributed by atoms with Crippen LogP contribution < -0.4 is 42.3 Å². The lowest BCUT2D eigenvalue weighted by Gasteiger charge is -2.36. The Morgan fingerprint density at radius 2 is 0.811 bits per heavy atom. The molecule has 0 N–H and O–H groups in total. The largest absolute Gasteiger partial charge is 0.458 e. The quantitative estimate of drug-likeness (QED) is 0.149. The highest BCUT2D eigenvalue weighted by Crippen LogP contribution is 2.47. The molecule has 2 aromatic heterocycles. The van der Waals surface area contributed by atoms with E-state index in [2.05, 4.69) is 300 Å². The lowest BCUT2D eigenvalue weighted by molar-refractivity contribution is 0.480. The standard InChI is InChI=1S/C89H92B2N2O2/c1-48(2)57-38-73-81-77(39-57)94-75-29-23-55(37-68(75)90(81)69-44-60(86(11,12)13)42-65-63-40-58(85(8,9)10)24-26-71(63)92(73)83(65)69)80-53(7)34-50(4)35-56(80)30-31-89(20,21)59-25-27-72-64(41-59)66-43-61(87(14,15)16)45-70-84(66)93(72)74-46-62(88(17,18)19)47-78-82(74)91(70)67-36-54(22-28-76(67)95-78)79-51(5)32-49(3)33-52(79)6/h22-29,32-48H,30-31H2,1-21H3. The van der Waals surface area contributed by atoms with Gasteiger partial charge in [0.25, 0.3) is 13.4 Å². The van der Waals surface area contributed by atoms with Crippen LogP contribution in [0.15, 0.2) is 146 Å². The monoisotopic (exact) mass is 1240 g/mol. The van der Waals surface area contributed by atoms with Gasteiger partial charge < -0.3 is 18.6 Å². The highest BCUT2D eigenvalue weighted by molar-refractivity contribution is 7.00. The van der Waals surface area contributed by atoms with Gasteiger partial charge in [-0.15, -0.1) is 0 Å². The fourth-order valence-corrected chi connectivity index (χ4v) is 17.3. The van der Waals surface area contributed by atoms with Crippen molar-refractivity contribution >= 4 is 89.8 Å². The van der Waals surface area contributed by atoms with E-state index in [0.29, 0.717) is 5.92 Å². The Labute approximate surface area is 565 Å². The van der Waals surface area contributed by atoms with E-state index in [1.807, 2.05) is 0 Å². The number of hydrogen-bond acceptors (Lipinski definition) is 2. The molecule has 0 aliphatic carbocycles. The Morgan fingerprint density at radius 3 is 1.32 bits per heavy atom. The van der Waals surface area contributed by atoms with Crippen molar-refractivity contribution in [3.63, 3.8) is 0 Å². The Kier molecular flexibility index (Phi) is 13.3. The lowest BCUT2D eigenvalue weighted by atomic mass is 9.34. The number of rotatable bonds is 7. The molecule has 6 heteroatoms. The van der Waals surface area contributed by atoms with Gasteiger partial charge in [-0.25, -0.2) is 0 Å². The van der Waals surface area contributed by atoms with Crippen molar-refractivity contribution in [1.29, 1.82) is 0 Å². The average molecular weight is 1240 g/mol. The molecule has 0 saturated carbocycles. The number of fused-ring (bicyclic) bond motifs is 14. The second-order valence-electron chi connectivity index (χ2n) is 34.4. The molecule has 0 fully saturated rings. The molecule has 0 amide bonds. The van der Waals surface area contributed by atoms with Crippen molar-refractivity contribution < 1.29 is 9.47 Å². The fraction of sp³-hybridized carbons (Fsp3) is 0.326. The smallest absolute Gasteiger partial charge is 0.256 e. The number of ether oxygens (including phenoxy) is 2. The minimum atomic E-state index is -0.177. The molecule has 476 valence electrons. The Hall–Kier alpha value is -8.47. The zero-order valence-corrected chi connectivity index (χ0v) is 60.2. The van der Waals surface area contributed by atoms with Crippen LogP contribution in [0, 0.1) is 34.6 Å². The van der Waals surface area contributed by atoms with Crippen molar-refractivity contribution in [2.75, 3.05) is 0 Å². The maximum Gasteiger partial charge on any atom is 0.256 e. The second-order valence-corrected chi connectivity index (χ2v) is 34.4. The van der Waals surface area contributed by atoms with Gasteiger partial charge in [0.1, 0.15) is 23.0 Å². The van der Waals surface area contributed by atoms with Gasteiger partial charge in [0.15, 0.2) is 0 Å². The summed E-state index contributed by atoms with van der Waals surface area (Å²) in [7, 11) is 0. The third-order valence-electron chi connectivity index (χ3n) is 22.6. The first kappa shape index (κ1) is 61.4. The fourth-order valence-electron chi connectivity index (χ4n) is 17.3. The molecule has 0 radical (unpaired) electrons. The highest BCUT2D eigenvalue weighted by Gasteiger charge is 2.45. The van der Waals surface area contributed by atoms with Gasteiger partial charge in [-0.2, -0.15) is 0 Å². The van der Waals surface area contributed by atoms with E-state index in [9.17, 15) is 0 Å². The number of nitrogens with zero attached hydrogens (tertiary/aromatic N) is 2. The molecule has 4 aliphatic rings. The van der Waals surface area contributed by atoms with Gasteiger partial charge >= 0.3 is 0 Å². The summed E-state index contributed by atoms with van der Waals surface area (Å²) in [6.07, 6.45) is 1.89. The van der Waals surface area contributed by atoms with Crippen molar-refractivity contribution in [1.82, 2.24) is 9.13 Å². The topological polar surface area (TPSA) is 28.3 Å². The minimum absolute atomic E-state index is 0.00843. The summed E-state index contributed by atoms with van der Waals surface area (Å²) in [6, 6.07) is 58.2. The summed E-state index contributed by atoms with van der Waals surface area (Å²) in [5.74, 6) is 4.17. The van der Waals surface area contributed by atoms with Crippen molar-refractivity contribution in [2.45, 2.75) is 191 Å². The van der Waals surface area contributed by atoms with Gasteiger partial charge in [0.2, 0.25) is 0 Å². The van der Waals surface area contributed by atoms with Crippen molar-refractivity contribution in [3.05, 3.63) is 212 Å². The molecule has 0 atom stereocenters. The summed E-state index contributed by atoms with van der Waals surface area (Å²) < 4.78 is 19.7. The molecule has 0 unspecified atom stereocenters. The van der Waals surface area contributed by atoms with E-state index in [4.69, 9.17) is 9.47 Å². The van der Waals surface area contributed by atoms with Crippen LogP contribution >= 0.6 is 0 Å². The normalized spacial score (nSPS) is 14.0. The lowest BCUT2D eigenvalue weighted by Crippen LogP contribution is -2.58. The van der Waals surface area contributed by atoms with E-state index in [0.717, 1.165) is 35.8 Å². The molecular formula is C89H92B2N2O2. The van der Waals surface area contributed by atoms with Gasteiger partial charge in [-0.1, -0.05) is 195 Å². The summed E-state index contributed by atoms with van der Waals surface area (Å²) in [5.41, 5.74) is 35.9. The molecule has 12 aromatic rings. The molecule has 4 nitrogen and oxygen atoms in total. The van der Waals surface area contributed by atoms with Crippen molar-refractivity contribution in [2.24, 2.45) is 0 Å². The first-order valence-electron chi connectivity index (χ1n) is 35.2. The van der Waals surface area contributed by atoms with Crippen LogP contribution in [0.2, 0.25) is 0 Å². The zero-order chi connectivity index (χ0) is 67.0. The summed E-state index contributed by atoms with van der Waals surface area (Å²) in [5, 5.41) is 5.29. The molecule has 0 bridgehead atoms. The van der Waals surface area contributed by atoms with Crippen LogP contribution in [0.5, 0.6) is 23.0 Å². The second kappa shape index (κ2) is 20.5. The third kappa shape index (κ3) is 9.43.